The molecular formula is C11H9NO. The van der Waals surface area contributed by atoms with Crippen LogP contribution in [-0.4, -0.2) is 10.1 Å². The summed E-state index contributed by atoms with van der Waals surface area (Å²) in [5, 5.41) is 10.2. The fourth-order valence-corrected chi connectivity index (χ4v) is 1.23. The molecule has 0 aliphatic heterocycles. The van der Waals surface area contributed by atoms with Crippen LogP contribution in [0.3, 0.4) is 0 Å². The molecule has 2 rings (SSSR count). The number of aliphatic hydroxyl groups excluding tert-OH is 1. The van der Waals surface area contributed by atoms with Gasteiger partial charge in [-0.1, -0.05) is 30.8 Å². The van der Waals surface area contributed by atoms with E-state index in [-0.39, 0.29) is 5.76 Å². The van der Waals surface area contributed by atoms with Crippen LogP contribution in [0.4, 0.5) is 0 Å². The molecule has 0 fully saturated rings. The molecule has 0 amide bonds. The minimum absolute atomic E-state index is 0.00533. The summed E-state index contributed by atoms with van der Waals surface area (Å²) < 4.78 is 0. The number of para-hydroxylation sites is 1. The first kappa shape index (κ1) is 7.80. The summed E-state index contributed by atoms with van der Waals surface area (Å²) in [4.78, 5) is 4.23. The molecule has 2 aromatic rings. The van der Waals surface area contributed by atoms with E-state index in [0.29, 0.717) is 5.69 Å². The second kappa shape index (κ2) is 2.90. The van der Waals surface area contributed by atoms with Gasteiger partial charge in [0, 0.05) is 5.39 Å². The highest BCUT2D eigenvalue weighted by atomic mass is 16.3. The first-order valence-corrected chi connectivity index (χ1v) is 4.01. The van der Waals surface area contributed by atoms with Crippen LogP contribution in [0.2, 0.25) is 0 Å². The molecule has 0 aliphatic rings. The zero-order valence-electron chi connectivity index (χ0n) is 7.07. The molecule has 0 bridgehead atoms. The topological polar surface area (TPSA) is 33.1 Å². The van der Waals surface area contributed by atoms with Gasteiger partial charge in [-0.15, -0.1) is 0 Å². The quantitative estimate of drug-likeness (QED) is 0.669. The number of hydrogen-bond donors (Lipinski definition) is 1. The molecule has 0 unspecified atom stereocenters. The van der Waals surface area contributed by atoms with Crippen LogP contribution in [0, 0.1) is 0 Å². The molecule has 64 valence electrons. The standard InChI is InChI=1S/C11H9NO/c1-8(13)10-7-6-9-4-2-3-5-11(9)12-10/h2-7,13H,1H2. The Morgan fingerprint density at radius 2 is 1.92 bits per heavy atom. The SMILES string of the molecule is C=C(O)c1ccc2ccccc2n1. The largest absolute Gasteiger partial charge is 0.506 e. The molecule has 0 aliphatic carbocycles. The van der Waals surface area contributed by atoms with Gasteiger partial charge in [0.2, 0.25) is 0 Å². The summed E-state index contributed by atoms with van der Waals surface area (Å²) in [5.41, 5.74) is 1.40. The van der Waals surface area contributed by atoms with Gasteiger partial charge >= 0.3 is 0 Å². The molecule has 1 aromatic carbocycles. The Labute approximate surface area is 76.2 Å². The predicted octanol–water partition coefficient (Wildman–Crippen LogP) is 2.76. The molecule has 1 N–H and O–H groups in total. The fraction of sp³-hybridized carbons (Fsp3) is 0. The van der Waals surface area contributed by atoms with Gasteiger partial charge in [-0.3, -0.25) is 0 Å². The molecule has 0 atom stereocenters. The Kier molecular flexibility index (Phi) is 1.74. The number of hydrogen-bond acceptors (Lipinski definition) is 2. The molecule has 2 heteroatoms. The zero-order valence-corrected chi connectivity index (χ0v) is 7.07. The van der Waals surface area contributed by atoms with Gasteiger partial charge in [-0.05, 0) is 12.1 Å². The molecule has 13 heavy (non-hydrogen) atoms. The lowest BCUT2D eigenvalue weighted by Gasteiger charge is -1.99. The van der Waals surface area contributed by atoms with Gasteiger partial charge in [0.15, 0.2) is 0 Å². The third-order valence-electron chi connectivity index (χ3n) is 1.89. The van der Waals surface area contributed by atoms with Crippen molar-refractivity contribution in [1.82, 2.24) is 4.98 Å². The van der Waals surface area contributed by atoms with E-state index in [1.807, 2.05) is 30.3 Å². The van der Waals surface area contributed by atoms with E-state index in [4.69, 9.17) is 5.11 Å². The van der Waals surface area contributed by atoms with Crippen molar-refractivity contribution in [2.75, 3.05) is 0 Å². The molecule has 0 spiro atoms. The van der Waals surface area contributed by atoms with Crippen LogP contribution in [0.15, 0.2) is 43.0 Å². The van der Waals surface area contributed by atoms with Crippen LogP contribution >= 0.6 is 0 Å². The lowest BCUT2D eigenvalue weighted by atomic mass is 10.2. The monoisotopic (exact) mass is 171 g/mol. The van der Waals surface area contributed by atoms with Crippen LogP contribution < -0.4 is 0 Å². The summed E-state index contributed by atoms with van der Waals surface area (Å²) in [6.07, 6.45) is 0. The molecular weight excluding hydrogens is 162 g/mol. The lowest BCUT2D eigenvalue weighted by Crippen LogP contribution is -1.87. The van der Waals surface area contributed by atoms with Crippen LogP contribution in [0.1, 0.15) is 5.69 Å². The van der Waals surface area contributed by atoms with Gasteiger partial charge < -0.3 is 5.11 Å². The average molecular weight is 171 g/mol. The van der Waals surface area contributed by atoms with Gasteiger partial charge in [0.25, 0.3) is 0 Å². The van der Waals surface area contributed by atoms with Crippen molar-refractivity contribution in [3.63, 3.8) is 0 Å². The van der Waals surface area contributed by atoms with Crippen molar-refractivity contribution in [1.29, 1.82) is 0 Å². The first-order valence-electron chi connectivity index (χ1n) is 4.01. The van der Waals surface area contributed by atoms with E-state index in [1.165, 1.54) is 0 Å². The zero-order chi connectivity index (χ0) is 9.26. The van der Waals surface area contributed by atoms with E-state index in [2.05, 4.69) is 11.6 Å². The van der Waals surface area contributed by atoms with Crippen molar-refractivity contribution in [3.05, 3.63) is 48.7 Å². The highest BCUT2D eigenvalue weighted by Crippen LogP contribution is 2.14. The summed E-state index contributed by atoms with van der Waals surface area (Å²) in [6.45, 7) is 3.43. The second-order valence-corrected chi connectivity index (χ2v) is 2.84. The van der Waals surface area contributed by atoms with Crippen molar-refractivity contribution in [2.45, 2.75) is 0 Å². The minimum atomic E-state index is 0.00533. The fourth-order valence-electron chi connectivity index (χ4n) is 1.23. The maximum absolute atomic E-state index is 9.13. The number of nitrogens with zero attached hydrogens (tertiary/aromatic N) is 1. The Morgan fingerprint density at radius 3 is 2.69 bits per heavy atom. The maximum atomic E-state index is 9.13. The minimum Gasteiger partial charge on any atom is -0.506 e. The normalized spacial score (nSPS) is 10.2. The number of benzene rings is 1. The van der Waals surface area contributed by atoms with Crippen LogP contribution in [0.25, 0.3) is 16.7 Å². The second-order valence-electron chi connectivity index (χ2n) is 2.84. The predicted molar refractivity (Wildman–Crippen MR) is 53.4 cm³/mol. The van der Waals surface area contributed by atoms with E-state index >= 15 is 0 Å². The molecule has 0 saturated heterocycles. The van der Waals surface area contributed by atoms with E-state index in [9.17, 15) is 0 Å². The number of rotatable bonds is 1. The maximum Gasteiger partial charge on any atom is 0.134 e. The van der Waals surface area contributed by atoms with Gasteiger partial charge in [-0.25, -0.2) is 4.98 Å². The van der Waals surface area contributed by atoms with Crippen molar-refractivity contribution in [3.8, 4) is 0 Å². The smallest absolute Gasteiger partial charge is 0.134 e. The molecule has 1 heterocycles. The number of aromatic nitrogens is 1. The summed E-state index contributed by atoms with van der Waals surface area (Å²) in [5.74, 6) is 0.00533. The lowest BCUT2D eigenvalue weighted by molar-refractivity contribution is 0.511. The van der Waals surface area contributed by atoms with Crippen LogP contribution in [0.5, 0.6) is 0 Å². The number of pyridine rings is 1. The third kappa shape index (κ3) is 1.38. The molecule has 0 saturated carbocycles. The van der Waals surface area contributed by atoms with Crippen molar-refractivity contribution >= 4 is 16.7 Å². The Bertz CT molecular complexity index is 462. The van der Waals surface area contributed by atoms with Gasteiger partial charge in [-0.2, -0.15) is 0 Å². The highest BCUT2D eigenvalue weighted by Gasteiger charge is 1.98. The Balaban J connectivity index is 2.69. The van der Waals surface area contributed by atoms with E-state index < -0.39 is 0 Å². The first-order chi connectivity index (χ1) is 6.27. The van der Waals surface area contributed by atoms with E-state index in [0.717, 1.165) is 10.9 Å². The van der Waals surface area contributed by atoms with Gasteiger partial charge in [0.05, 0.1) is 5.52 Å². The number of aliphatic hydroxyl groups is 1. The Morgan fingerprint density at radius 1 is 1.15 bits per heavy atom. The highest BCUT2D eigenvalue weighted by molar-refractivity contribution is 5.79. The molecule has 1 aromatic heterocycles. The summed E-state index contributed by atoms with van der Waals surface area (Å²) in [6, 6.07) is 11.4. The third-order valence-corrected chi connectivity index (χ3v) is 1.89. The van der Waals surface area contributed by atoms with Crippen LogP contribution in [-0.2, 0) is 0 Å². The molecule has 2 nitrogen and oxygen atoms in total. The van der Waals surface area contributed by atoms with Crippen molar-refractivity contribution in [2.24, 2.45) is 0 Å². The molecule has 0 radical (unpaired) electrons. The summed E-state index contributed by atoms with van der Waals surface area (Å²) >= 11 is 0. The summed E-state index contributed by atoms with van der Waals surface area (Å²) in [7, 11) is 0. The van der Waals surface area contributed by atoms with E-state index in [1.54, 1.807) is 6.07 Å². The number of fused-ring (bicyclic) bond motifs is 1. The van der Waals surface area contributed by atoms with Crippen molar-refractivity contribution < 1.29 is 5.11 Å². The average Bonchev–Trinajstić information content (AvgIpc) is 2.17. The Hall–Kier alpha value is -1.83. The van der Waals surface area contributed by atoms with Gasteiger partial charge in [0.1, 0.15) is 11.5 Å².